The Bertz CT molecular complexity index is 305. The van der Waals surface area contributed by atoms with Gasteiger partial charge >= 0.3 is 0 Å². The molecule has 0 bridgehead atoms. The summed E-state index contributed by atoms with van der Waals surface area (Å²) in [6.45, 7) is 2.99. The SMILES string of the molecule is CC1CCC(CN)(OCCS(C)(=O)=O)CC1. The van der Waals surface area contributed by atoms with Crippen molar-refractivity contribution in [2.45, 2.75) is 38.2 Å². The molecule has 0 spiro atoms. The van der Waals surface area contributed by atoms with E-state index in [0.29, 0.717) is 6.54 Å². The van der Waals surface area contributed by atoms with Gasteiger partial charge in [0.2, 0.25) is 0 Å². The molecule has 1 saturated carbocycles. The molecule has 0 aromatic rings. The molecule has 1 fully saturated rings. The third-order valence-corrected chi connectivity index (χ3v) is 4.33. The molecule has 0 heterocycles. The van der Waals surface area contributed by atoms with Crippen molar-refractivity contribution in [3.05, 3.63) is 0 Å². The Hall–Kier alpha value is -0.130. The number of nitrogens with two attached hydrogens (primary N) is 1. The minimum atomic E-state index is -2.94. The van der Waals surface area contributed by atoms with E-state index in [1.54, 1.807) is 0 Å². The van der Waals surface area contributed by atoms with Gasteiger partial charge in [-0.15, -0.1) is 0 Å². The Labute approximate surface area is 98.5 Å². The lowest BCUT2D eigenvalue weighted by Gasteiger charge is -2.38. The molecule has 0 radical (unpaired) electrons. The maximum Gasteiger partial charge on any atom is 0.149 e. The first-order valence-electron chi connectivity index (χ1n) is 5.89. The molecule has 5 heteroatoms. The van der Waals surface area contributed by atoms with Crippen LogP contribution in [0.5, 0.6) is 0 Å². The van der Waals surface area contributed by atoms with Gasteiger partial charge in [0, 0.05) is 12.8 Å². The summed E-state index contributed by atoms with van der Waals surface area (Å²) in [7, 11) is -2.94. The highest BCUT2D eigenvalue weighted by molar-refractivity contribution is 7.90. The van der Waals surface area contributed by atoms with Crippen LogP contribution in [0.3, 0.4) is 0 Å². The molecular weight excluding hydrogens is 226 g/mol. The van der Waals surface area contributed by atoms with Gasteiger partial charge in [-0.1, -0.05) is 6.92 Å². The van der Waals surface area contributed by atoms with Crippen LogP contribution in [0.15, 0.2) is 0 Å². The Balaban J connectivity index is 2.42. The van der Waals surface area contributed by atoms with Crippen molar-refractivity contribution in [2.75, 3.05) is 25.2 Å². The Kier molecular flexibility index (Phi) is 4.76. The van der Waals surface area contributed by atoms with Crippen LogP contribution in [0.4, 0.5) is 0 Å². The summed E-state index contributed by atoms with van der Waals surface area (Å²) in [5.74, 6) is 0.822. The van der Waals surface area contributed by atoms with Gasteiger partial charge in [-0.2, -0.15) is 0 Å². The second-order valence-corrected chi connectivity index (χ2v) is 7.31. The molecule has 0 amide bonds. The van der Waals surface area contributed by atoms with Gasteiger partial charge in [-0.3, -0.25) is 0 Å². The maximum absolute atomic E-state index is 11.0. The van der Waals surface area contributed by atoms with Crippen molar-refractivity contribution in [3.63, 3.8) is 0 Å². The zero-order valence-corrected chi connectivity index (χ0v) is 11.1. The first kappa shape index (κ1) is 13.9. The van der Waals surface area contributed by atoms with Gasteiger partial charge in [-0.25, -0.2) is 8.42 Å². The first-order valence-corrected chi connectivity index (χ1v) is 7.95. The van der Waals surface area contributed by atoms with Gasteiger partial charge in [0.1, 0.15) is 9.84 Å². The molecule has 0 unspecified atom stereocenters. The van der Waals surface area contributed by atoms with Gasteiger partial charge in [0.15, 0.2) is 0 Å². The van der Waals surface area contributed by atoms with Gasteiger partial charge in [0.25, 0.3) is 0 Å². The molecule has 1 aliphatic carbocycles. The molecular formula is C11H23NO3S. The van der Waals surface area contributed by atoms with Crippen LogP contribution < -0.4 is 5.73 Å². The summed E-state index contributed by atoms with van der Waals surface area (Å²) in [5, 5.41) is 0. The standard InChI is InChI=1S/C11H23NO3S/c1-10-3-5-11(9-12,6-4-10)15-7-8-16(2,13)14/h10H,3-9,12H2,1-2H3. The summed E-state index contributed by atoms with van der Waals surface area (Å²) in [5.41, 5.74) is 5.49. The fraction of sp³-hybridized carbons (Fsp3) is 1.00. The van der Waals surface area contributed by atoms with Crippen molar-refractivity contribution in [1.29, 1.82) is 0 Å². The zero-order chi connectivity index (χ0) is 12.2. The Morgan fingerprint density at radius 2 is 1.94 bits per heavy atom. The van der Waals surface area contributed by atoms with Crippen molar-refractivity contribution in [2.24, 2.45) is 11.7 Å². The predicted molar refractivity (Wildman–Crippen MR) is 65.1 cm³/mol. The molecule has 1 rings (SSSR count). The van der Waals surface area contributed by atoms with E-state index in [-0.39, 0.29) is 18.0 Å². The molecule has 0 aromatic heterocycles. The third kappa shape index (κ3) is 4.39. The lowest BCUT2D eigenvalue weighted by molar-refractivity contribution is -0.0636. The van der Waals surface area contributed by atoms with Crippen LogP contribution in [0.25, 0.3) is 0 Å². The van der Waals surface area contributed by atoms with Gasteiger partial charge < -0.3 is 10.5 Å². The Morgan fingerprint density at radius 3 is 2.38 bits per heavy atom. The van der Waals surface area contributed by atoms with E-state index in [1.807, 2.05) is 0 Å². The summed E-state index contributed by atoms with van der Waals surface area (Å²) < 4.78 is 27.8. The molecule has 16 heavy (non-hydrogen) atoms. The quantitative estimate of drug-likeness (QED) is 0.788. The lowest BCUT2D eigenvalue weighted by atomic mass is 9.79. The van der Waals surface area contributed by atoms with E-state index >= 15 is 0 Å². The van der Waals surface area contributed by atoms with Crippen molar-refractivity contribution in [3.8, 4) is 0 Å². The molecule has 96 valence electrons. The minimum absolute atomic E-state index is 0.0876. The summed E-state index contributed by atoms with van der Waals surface area (Å²) in [6, 6.07) is 0. The topological polar surface area (TPSA) is 69.4 Å². The van der Waals surface area contributed by atoms with E-state index in [9.17, 15) is 8.42 Å². The highest BCUT2D eigenvalue weighted by Crippen LogP contribution is 2.33. The van der Waals surface area contributed by atoms with Crippen LogP contribution >= 0.6 is 0 Å². The zero-order valence-electron chi connectivity index (χ0n) is 10.2. The number of ether oxygens (including phenoxy) is 1. The third-order valence-electron chi connectivity index (χ3n) is 3.42. The molecule has 0 saturated heterocycles. The number of rotatable bonds is 5. The van der Waals surface area contributed by atoms with Crippen LogP contribution in [0, 0.1) is 5.92 Å². The van der Waals surface area contributed by atoms with Crippen molar-refractivity contribution >= 4 is 9.84 Å². The van der Waals surface area contributed by atoms with Gasteiger partial charge in [0.05, 0.1) is 18.0 Å². The van der Waals surface area contributed by atoms with Crippen LogP contribution in [0.1, 0.15) is 32.6 Å². The summed E-state index contributed by atoms with van der Waals surface area (Å²) >= 11 is 0. The molecule has 1 aliphatic rings. The van der Waals surface area contributed by atoms with Crippen molar-refractivity contribution < 1.29 is 13.2 Å². The maximum atomic E-state index is 11.0. The second kappa shape index (κ2) is 5.47. The monoisotopic (exact) mass is 249 g/mol. The van der Waals surface area contributed by atoms with E-state index < -0.39 is 9.84 Å². The average Bonchev–Trinajstić information content (AvgIpc) is 2.20. The van der Waals surface area contributed by atoms with Crippen LogP contribution in [-0.2, 0) is 14.6 Å². The molecule has 4 nitrogen and oxygen atoms in total. The number of hydrogen-bond acceptors (Lipinski definition) is 4. The number of sulfone groups is 1. The molecule has 0 aliphatic heterocycles. The van der Waals surface area contributed by atoms with E-state index in [2.05, 4.69) is 6.92 Å². The van der Waals surface area contributed by atoms with E-state index in [4.69, 9.17) is 10.5 Å². The highest BCUT2D eigenvalue weighted by atomic mass is 32.2. The molecule has 0 aromatic carbocycles. The largest absolute Gasteiger partial charge is 0.373 e. The Morgan fingerprint density at radius 1 is 1.38 bits per heavy atom. The van der Waals surface area contributed by atoms with E-state index in [0.717, 1.165) is 31.6 Å². The van der Waals surface area contributed by atoms with Crippen LogP contribution in [-0.4, -0.2) is 39.2 Å². The summed E-state index contributed by atoms with van der Waals surface area (Å²) in [6.07, 6.45) is 5.38. The smallest absolute Gasteiger partial charge is 0.149 e. The average molecular weight is 249 g/mol. The summed E-state index contributed by atoms with van der Waals surface area (Å²) in [4.78, 5) is 0. The fourth-order valence-electron chi connectivity index (χ4n) is 2.11. The lowest BCUT2D eigenvalue weighted by Crippen LogP contribution is -2.44. The highest BCUT2D eigenvalue weighted by Gasteiger charge is 2.33. The second-order valence-electron chi connectivity index (χ2n) is 5.05. The first-order chi connectivity index (χ1) is 7.37. The fourth-order valence-corrected chi connectivity index (χ4v) is 2.49. The van der Waals surface area contributed by atoms with E-state index in [1.165, 1.54) is 6.26 Å². The van der Waals surface area contributed by atoms with Crippen LogP contribution in [0.2, 0.25) is 0 Å². The molecule has 2 N–H and O–H groups in total. The normalized spacial score (nSPS) is 31.6. The molecule has 0 atom stereocenters. The minimum Gasteiger partial charge on any atom is -0.373 e. The number of hydrogen-bond donors (Lipinski definition) is 1. The predicted octanol–water partition coefficient (Wildman–Crippen LogP) is 0.955. The van der Waals surface area contributed by atoms with Gasteiger partial charge in [-0.05, 0) is 31.6 Å². The van der Waals surface area contributed by atoms with Crippen molar-refractivity contribution in [1.82, 2.24) is 0 Å².